The number of aromatic hydroxyl groups is 1. The lowest BCUT2D eigenvalue weighted by Crippen LogP contribution is -2.30. The summed E-state index contributed by atoms with van der Waals surface area (Å²) in [5, 5.41) is 15.1. The number of benzene rings is 2. The molecule has 0 amide bonds. The van der Waals surface area contributed by atoms with Crippen LogP contribution in [-0.2, 0) is 0 Å². The van der Waals surface area contributed by atoms with Crippen molar-refractivity contribution in [1.82, 2.24) is 14.9 Å². The molecule has 0 aliphatic carbocycles. The van der Waals surface area contributed by atoms with Crippen LogP contribution in [0.4, 0.5) is 5.69 Å². The van der Waals surface area contributed by atoms with Crippen molar-refractivity contribution in [2.45, 2.75) is 12.1 Å². The number of para-hydroxylation sites is 2. The van der Waals surface area contributed by atoms with Crippen LogP contribution in [0.25, 0.3) is 5.69 Å². The zero-order valence-corrected chi connectivity index (χ0v) is 19.3. The van der Waals surface area contributed by atoms with E-state index >= 15 is 0 Å². The third-order valence-electron chi connectivity index (χ3n) is 5.72. The van der Waals surface area contributed by atoms with E-state index in [1.165, 1.54) is 0 Å². The number of anilines is 1. The van der Waals surface area contributed by atoms with E-state index < -0.39 is 0 Å². The largest absolute Gasteiger partial charge is 0.506 e. The second-order valence-corrected chi connectivity index (χ2v) is 8.43. The highest BCUT2D eigenvalue weighted by Crippen LogP contribution is 2.45. The van der Waals surface area contributed by atoms with Gasteiger partial charge in [0.25, 0.3) is 0 Å². The fourth-order valence-corrected chi connectivity index (χ4v) is 4.79. The molecule has 3 heterocycles. The van der Waals surface area contributed by atoms with Gasteiger partial charge in [0.1, 0.15) is 17.5 Å². The van der Waals surface area contributed by atoms with Gasteiger partial charge in [-0.05, 0) is 66.8 Å². The normalized spacial score (nSPS) is 17.8. The van der Waals surface area contributed by atoms with Crippen molar-refractivity contribution in [3.05, 3.63) is 102 Å². The van der Waals surface area contributed by atoms with Gasteiger partial charge in [0.05, 0.1) is 30.2 Å². The van der Waals surface area contributed by atoms with Crippen LogP contribution in [0.2, 0.25) is 5.02 Å². The van der Waals surface area contributed by atoms with E-state index in [1.807, 2.05) is 65.7 Å². The second-order valence-electron chi connectivity index (χ2n) is 7.60. The highest BCUT2D eigenvalue weighted by Gasteiger charge is 2.43. The molecule has 166 valence electrons. The lowest BCUT2D eigenvalue weighted by atomic mass is 10.0. The first-order chi connectivity index (χ1) is 16.1. The predicted octanol–water partition coefficient (Wildman–Crippen LogP) is 5.42. The number of pyridine rings is 1. The number of rotatable bonds is 5. The molecule has 5 rings (SSSR count). The number of halogens is 1. The number of aromatic nitrogens is 2. The molecular formula is C25H21ClN4O2S. The number of hydrogen-bond acceptors (Lipinski definition) is 4. The van der Waals surface area contributed by atoms with Crippen LogP contribution in [-0.4, -0.2) is 26.9 Å². The summed E-state index contributed by atoms with van der Waals surface area (Å²) in [6.45, 7) is 0. The van der Waals surface area contributed by atoms with Crippen molar-refractivity contribution >= 4 is 34.6 Å². The summed E-state index contributed by atoms with van der Waals surface area (Å²) in [5.74, 6) is 0.834. The Bertz CT molecular complexity index is 1310. The van der Waals surface area contributed by atoms with E-state index in [2.05, 4.69) is 14.9 Å². The molecule has 2 atom stereocenters. The Labute approximate surface area is 202 Å². The van der Waals surface area contributed by atoms with Gasteiger partial charge in [0.15, 0.2) is 5.11 Å². The maximum absolute atomic E-state index is 10.7. The Hall–Kier alpha value is -3.55. The van der Waals surface area contributed by atoms with Crippen molar-refractivity contribution in [3.8, 4) is 17.2 Å². The van der Waals surface area contributed by atoms with Crippen LogP contribution >= 0.6 is 23.8 Å². The number of hydrogen-bond donors (Lipinski definition) is 2. The number of ether oxygens (including phenoxy) is 1. The van der Waals surface area contributed by atoms with Crippen molar-refractivity contribution in [2.24, 2.45) is 0 Å². The number of phenolic OH excluding ortho intramolecular Hbond substituents is 1. The molecule has 0 unspecified atom stereocenters. The van der Waals surface area contributed by atoms with Crippen molar-refractivity contribution in [2.75, 3.05) is 12.0 Å². The predicted molar refractivity (Wildman–Crippen MR) is 133 cm³/mol. The smallest absolute Gasteiger partial charge is 0.174 e. The van der Waals surface area contributed by atoms with Crippen LogP contribution in [0.5, 0.6) is 11.5 Å². The Kier molecular flexibility index (Phi) is 5.66. The maximum atomic E-state index is 10.7. The van der Waals surface area contributed by atoms with Crippen molar-refractivity contribution < 1.29 is 9.84 Å². The summed E-state index contributed by atoms with van der Waals surface area (Å²) in [7, 11) is 1.65. The van der Waals surface area contributed by atoms with E-state index in [9.17, 15) is 5.11 Å². The van der Waals surface area contributed by atoms with E-state index in [4.69, 9.17) is 28.6 Å². The summed E-state index contributed by atoms with van der Waals surface area (Å²) < 4.78 is 7.69. The summed E-state index contributed by atoms with van der Waals surface area (Å²) in [5.41, 5.74) is 3.20. The molecule has 1 aliphatic rings. The molecular weight excluding hydrogens is 456 g/mol. The Morgan fingerprint density at radius 2 is 1.85 bits per heavy atom. The summed E-state index contributed by atoms with van der Waals surface area (Å²) >= 11 is 12.1. The molecule has 0 radical (unpaired) electrons. The third kappa shape index (κ3) is 3.79. The number of nitrogens with zero attached hydrogens (tertiary/aromatic N) is 3. The van der Waals surface area contributed by atoms with Crippen LogP contribution in [0.15, 0.2) is 85.2 Å². The van der Waals surface area contributed by atoms with Gasteiger partial charge in [-0.15, -0.1) is 0 Å². The van der Waals surface area contributed by atoms with Crippen molar-refractivity contribution in [1.29, 1.82) is 0 Å². The minimum absolute atomic E-state index is 0.0885. The summed E-state index contributed by atoms with van der Waals surface area (Å²) in [6, 6.07) is 22.0. The highest BCUT2D eigenvalue weighted by molar-refractivity contribution is 7.80. The molecule has 2 aromatic carbocycles. The first-order valence-electron chi connectivity index (χ1n) is 10.4. The number of nitrogens with one attached hydrogen (secondary N) is 1. The molecule has 0 bridgehead atoms. The van der Waals surface area contributed by atoms with Gasteiger partial charge in [0, 0.05) is 23.1 Å². The van der Waals surface area contributed by atoms with Gasteiger partial charge in [0.2, 0.25) is 0 Å². The average Bonchev–Trinajstić information content (AvgIpc) is 3.45. The fourth-order valence-electron chi connectivity index (χ4n) is 4.29. The first-order valence-corrected chi connectivity index (χ1v) is 11.2. The van der Waals surface area contributed by atoms with Crippen LogP contribution in [0, 0.1) is 0 Å². The third-order valence-corrected chi connectivity index (χ3v) is 6.27. The zero-order chi connectivity index (χ0) is 22.9. The molecule has 8 heteroatoms. The lowest BCUT2D eigenvalue weighted by molar-refractivity contribution is 0.412. The molecule has 1 aliphatic heterocycles. The van der Waals surface area contributed by atoms with Crippen LogP contribution in [0.3, 0.4) is 0 Å². The van der Waals surface area contributed by atoms with Gasteiger partial charge in [-0.2, -0.15) is 0 Å². The van der Waals surface area contributed by atoms with E-state index in [1.54, 1.807) is 31.5 Å². The summed E-state index contributed by atoms with van der Waals surface area (Å²) in [4.78, 5) is 6.49. The maximum Gasteiger partial charge on any atom is 0.174 e. The van der Waals surface area contributed by atoms with Gasteiger partial charge in [-0.25, -0.2) is 0 Å². The Balaban J connectivity index is 1.71. The van der Waals surface area contributed by atoms with Gasteiger partial charge in [-0.1, -0.05) is 29.8 Å². The van der Waals surface area contributed by atoms with Gasteiger partial charge >= 0.3 is 0 Å². The monoisotopic (exact) mass is 476 g/mol. The molecule has 1 saturated heterocycles. The van der Waals surface area contributed by atoms with Crippen LogP contribution < -0.4 is 15.0 Å². The fraction of sp³-hybridized carbons (Fsp3) is 0.120. The lowest BCUT2D eigenvalue weighted by Gasteiger charge is -2.29. The van der Waals surface area contributed by atoms with E-state index in [0.29, 0.717) is 15.8 Å². The molecule has 1 fully saturated rings. The Morgan fingerprint density at radius 1 is 1.03 bits per heavy atom. The quantitative estimate of drug-likeness (QED) is 0.375. The SMILES string of the molecule is COc1ccccc1-n1cccc1[C@@H]1[C@H](c2ccccn2)NC(=S)N1c1cc(Cl)ccc1O. The van der Waals surface area contributed by atoms with Crippen LogP contribution in [0.1, 0.15) is 23.5 Å². The van der Waals surface area contributed by atoms with Gasteiger partial charge in [-0.3, -0.25) is 4.98 Å². The standard InChI is InChI=1S/C25H21ClN4O2S/c1-32-22-10-3-2-8-18(22)29-14-6-9-19(29)24-23(17-7-4-5-13-27-17)28-25(33)30(24)20-15-16(26)11-12-21(20)31/h2-15,23-24,31H,1H3,(H,28,33)/t23-,24+/m0/s1. The zero-order valence-electron chi connectivity index (χ0n) is 17.7. The highest BCUT2D eigenvalue weighted by atomic mass is 35.5. The topological polar surface area (TPSA) is 62.5 Å². The number of phenols is 1. The molecule has 6 nitrogen and oxygen atoms in total. The molecule has 2 aromatic heterocycles. The first kappa shape index (κ1) is 21.3. The summed E-state index contributed by atoms with van der Waals surface area (Å²) in [6.07, 6.45) is 3.75. The number of methoxy groups -OCH3 is 1. The van der Waals surface area contributed by atoms with E-state index in [-0.39, 0.29) is 17.8 Å². The van der Waals surface area contributed by atoms with Gasteiger partial charge < -0.3 is 24.6 Å². The molecule has 4 aromatic rings. The Morgan fingerprint density at radius 3 is 2.64 bits per heavy atom. The number of thiocarbonyl (C=S) groups is 1. The molecule has 33 heavy (non-hydrogen) atoms. The molecule has 0 spiro atoms. The van der Waals surface area contributed by atoms with Crippen molar-refractivity contribution in [3.63, 3.8) is 0 Å². The average molecular weight is 477 g/mol. The minimum Gasteiger partial charge on any atom is -0.506 e. The molecule has 2 N–H and O–H groups in total. The minimum atomic E-state index is -0.323. The van der Waals surface area contributed by atoms with E-state index in [0.717, 1.165) is 22.8 Å². The molecule has 0 saturated carbocycles. The second kappa shape index (κ2) is 8.77.